The van der Waals surface area contributed by atoms with Crippen molar-refractivity contribution in [3.63, 3.8) is 0 Å². The van der Waals surface area contributed by atoms with Crippen LogP contribution in [0.15, 0.2) is 52.7 Å². The SMILES string of the molecule is CS(=O)(=O)c1ccc(COc2scc(-c3ccc(Cl)c(Cl)c3)c2C#N)cc1. The van der Waals surface area contributed by atoms with E-state index in [1.165, 1.54) is 23.5 Å². The van der Waals surface area contributed by atoms with E-state index in [1.807, 2.05) is 5.38 Å². The van der Waals surface area contributed by atoms with Crippen LogP contribution in [0.2, 0.25) is 10.0 Å². The van der Waals surface area contributed by atoms with Gasteiger partial charge in [0.05, 0.1) is 14.9 Å². The summed E-state index contributed by atoms with van der Waals surface area (Å²) in [6.07, 6.45) is 1.16. The molecule has 0 fully saturated rings. The minimum Gasteiger partial charge on any atom is -0.478 e. The summed E-state index contributed by atoms with van der Waals surface area (Å²) in [5, 5.41) is 12.7. The molecule has 0 N–H and O–H groups in total. The molecule has 0 aliphatic heterocycles. The molecule has 0 saturated heterocycles. The summed E-state index contributed by atoms with van der Waals surface area (Å²) < 4.78 is 28.8. The van der Waals surface area contributed by atoms with E-state index in [0.29, 0.717) is 20.7 Å². The van der Waals surface area contributed by atoms with Crippen LogP contribution in [0.25, 0.3) is 11.1 Å². The second-order valence-electron chi connectivity index (χ2n) is 5.76. The van der Waals surface area contributed by atoms with Crippen LogP contribution in [0.5, 0.6) is 5.06 Å². The predicted molar refractivity (Wildman–Crippen MR) is 108 cm³/mol. The number of benzene rings is 2. The summed E-state index contributed by atoms with van der Waals surface area (Å²) >= 11 is 13.3. The molecular weight excluding hydrogens is 425 g/mol. The molecule has 27 heavy (non-hydrogen) atoms. The molecule has 1 aromatic heterocycles. The van der Waals surface area contributed by atoms with Crippen molar-refractivity contribution in [3.8, 4) is 22.3 Å². The predicted octanol–water partition coefficient (Wildman–Crippen LogP) is 5.58. The van der Waals surface area contributed by atoms with Gasteiger partial charge in [-0.05, 0) is 35.4 Å². The highest BCUT2D eigenvalue weighted by atomic mass is 35.5. The Labute approximate surface area is 171 Å². The zero-order valence-electron chi connectivity index (χ0n) is 14.1. The maximum Gasteiger partial charge on any atom is 0.192 e. The second-order valence-corrected chi connectivity index (χ2v) is 9.43. The van der Waals surface area contributed by atoms with Gasteiger partial charge in [0.1, 0.15) is 18.2 Å². The molecule has 4 nitrogen and oxygen atoms in total. The van der Waals surface area contributed by atoms with E-state index in [1.54, 1.807) is 30.3 Å². The number of thiophene rings is 1. The highest BCUT2D eigenvalue weighted by Crippen LogP contribution is 2.38. The van der Waals surface area contributed by atoms with Crippen molar-refractivity contribution in [3.05, 3.63) is 69.0 Å². The van der Waals surface area contributed by atoms with Crippen LogP contribution in [0.3, 0.4) is 0 Å². The molecule has 2 aromatic carbocycles. The van der Waals surface area contributed by atoms with Crippen LogP contribution < -0.4 is 4.74 Å². The summed E-state index contributed by atoms with van der Waals surface area (Å²) in [5.74, 6) is 0. The van der Waals surface area contributed by atoms with Crippen molar-refractivity contribution in [1.29, 1.82) is 5.26 Å². The summed E-state index contributed by atoms with van der Waals surface area (Å²) in [4.78, 5) is 0.252. The molecule has 0 unspecified atom stereocenters. The van der Waals surface area contributed by atoms with Crippen molar-refractivity contribution < 1.29 is 13.2 Å². The Balaban J connectivity index is 1.81. The molecule has 1 heterocycles. The Morgan fingerprint density at radius 1 is 1.11 bits per heavy atom. The van der Waals surface area contributed by atoms with Crippen molar-refractivity contribution in [1.82, 2.24) is 0 Å². The average molecular weight is 438 g/mol. The van der Waals surface area contributed by atoms with Gasteiger partial charge in [-0.2, -0.15) is 5.26 Å². The zero-order valence-corrected chi connectivity index (χ0v) is 17.2. The number of sulfone groups is 1. The van der Waals surface area contributed by atoms with E-state index >= 15 is 0 Å². The lowest BCUT2D eigenvalue weighted by molar-refractivity contribution is 0.315. The Bertz CT molecular complexity index is 1130. The topological polar surface area (TPSA) is 67.2 Å². The molecule has 0 amide bonds. The maximum absolute atomic E-state index is 11.5. The maximum atomic E-state index is 11.5. The molecule has 138 valence electrons. The molecule has 0 spiro atoms. The monoisotopic (exact) mass is 437 g/mol. The lowest BCUT2D eigenvalue weighted by atomic mass is 10.1. The number of rotatable bonds is 5. The first-order chi connectivity index (χ1) is 12.8. The molecule has 0 aliphatic rings. The van der Waals surface area contributed by atoms with Gasteiger partial charge in [0.15, 0.2) is 14.9 Å². The van der Waals surface area contributed by atoms with Crippen LogP contribution in [0, 0.1) is 11.3 Å². The quantitative estimate of drug-likeness (QED) is 0.522. The third-order valence-electron chi connectivity index (χ3n) is 3.82. The first-order valence-corrected chi connectivity index (χ1v) is 11.2. The first kappa shape index (κ1) is 19.7. The van der Waals surface area contributed by atoms with E-state index in [0.717, 1.165) is 22.9 Å². The molecule has 0 saturated carbocycles. The van der Waals surface area contributed by atoms with E-state index < -0.39 is 9.84 Å². The molecule has 0 aliphatic carbocycles. The molecule has 3 aromatic rings. The minimum atomic E-state index is -3.23. The van der Waals surface area contributed by atoms with Gasteiger partial charge in [0, 0.05) is 17.2 Å². The molecular formula is C19H13Cl2NO3S2. The Kier molecular flexibility index (Phi) is 5.78. The average Bonchev–Trinajstić information content (AvgIpc) is 3.05. The summed E-state index contributed by atoms with van der Waals surface area (Å²) in [7, 11) is -3.23. The molecule has 0 radical (unpaired) electrons. The number of hydrogen-bond acceptors (Lipinski definition) is 5. The number of nitriles is 1. The highest BCUT2D eigenvalue weighted by molar-refractivity contribution is 7.90. The van der Waals surface area contributed by atoms with Gasteiger partial charge in [0.25, 0.3) is 0 Å². The Morgan fingerprint density at radius 3 is 2.41 bits per heavy atom. The fourth-order valence-electron chi connectivity index (χ4n) is 2.41. The van der Waals surface area contributed by atoms with Crippen LogP contribution in [-0.2, 0) is 16.4 Å². The molecule has 3 rings (SSSR count). The van der Waals surface area contributed by atoms with Crippen LogP contribution in [-0.4, -0.2) is 14.7 Å². The van der Waals surface area contributed by atoms with Crippen molar-refractivity contribution in [2.24, 2.45) is 0 Å². The van der Waals surface area contributed by atoms with E-state index in [9.17, 15) is 13.7 Å². The Morgan fingerprint density at radius 2 is 1.81 bits per heavy atom. The normalized spacial score (nSPS) is 11.2. The van der Waals surface area contributed by atoms with Gasteiger partial charge < -0.3 is 4.74 Å². The van der Waals surface area contributed by atoms with Crippen molar-refractivity contribution >= 4 is 44.4 Å². The zero-order chi connectivity index (χ0) is 19.6. The lowest BCUT2D eigenvalue weighted by Crippen LogP contribution is -1.99. The largest absolute Gasteiger partial charge is 0.478 e. The van der Waals surface area contributed by atoms with Crippen LogP contribution >= 0.6 is 34.5 Å². The van der Waals surface area contributed by atoms with Gasteiger partial charge >= 0.3 is 0 Å². The van der Waals surface area contributed by atoms with Crippen LogP contribution in [0.1, 0.15) is 11.1 Å². The van der Waals surface area contributed by atoms with E-state index in [2.05, 4.69) is 6.07 Å². The smallest absolute Gasteiger partial charge is 0.192 e. The highest BCUT2D eigenvalue weighted by Gasteiger charge is 2.16. The molecule has 0 atom stereocenters. The van der Waals surface area contributed by atoms with Gasteiger partial charge in [-0.25, -0.2) is 8.42 Å². The third kappa shape index (κ3) is 4.45. The number of ether oxygens (including phenoxy) is 1. The Hall–Kier alpha value is -2.04. The van der Waals surface area contributed by atoms with Crippen LogP contribution in [0.4, 0.5) is 0 Å². The lowest BCUT2D eigenvalue weighted by Gasteiger charge is -2.06. The van der Waals surface area contributed by atoms with Crippen molar-refractivity contribution in [2.75, 3.05) is 6.26 Å². The summed E-state index contributed by atoms with van der Waals surface area (Å²) in [5.41, 5.74) is 2.73. The fourth-order valence-corrected chi connectivity index (χ4v) is 4.22. The summed E-state index contributed by atoms with van der Waals surface area (Å²) in [6.45, 7) is 0.222. The minimum absolute atomic E-state index is 0.222. The molecule has 0 bridgehead atoms. The number of nitrogens with zero attached hydrogens (tertiary/aromatic N) is 1. The van der Waals surface area contributed by atoms with Gasteiger partial charge in [-0.3, -0.25) is 0 Å². The van der Waals surface area contributed by atoms with Gasteiger partial charge in [-0.1, -0.05) is 41.4 Å². The fraction of sp³-hybridized carbons (Fsp3) is 0.105. The third-order valence-corrected chi connectivity index (χ3v) is 6.58. The van der Waals surface area contributed by atoms with Crippen molar-refractivity contribution in [2.45, 2.75) is 11.5 Å². The van der Waals surface area contributed by atoms with Gasteiger partial charge in [-0.15, -0.1) is 11.3 Å². The van der Waals surface area contributed by atoms with E-state index in [4.69, 9.17) is 27.9 Å². The van der Waals surface area contributed by atoms with Gasteiger partial charge in [0.2, 0.25) is 0 Å². The van der Waals surface area contributed by atoms with E-state index in [-0.39, 0.29) is 11.5 Å². The number of hydrogen-bond donors (Lipinski definition) is 0. The second kappa shape index (κ2) is 7.91. The summed E-state index contributed by atoms with van der Waals surface area (Å²) in [6, 6.07) is 13.8. The first-order valence-electron chi connectivity index (χ1n) is 7.68. The molecule has 8 heteroatoms. The number of halogens is 2. The standard InChI is InChI=1S/C19H13Cl2NO3S2/c1-27(23,24)14-5-2-12(3-6-14)10-25-19-15(9-22)16(11-26-19)13-4-7-17(20)18(21)8-13/h2-8,11H,10H2,1H3.